The Bertz CT molecular complexity index is 393. The Morgan fingerprint density at radius 2 is 2.11 bits per heavy atom. The lowest BCUT2D eigenvalue weighted by atomic mass is 9.89. The number of aliphatic hydroxyl groups is 1. The standard InChI is InChI=1S/C12H20ClN3O2/c1-12(2,3)5-8(17)6-14-11-9(18-4)10(13)15-7-16-11/h7-8,17H,5-6H2,1-4H3,(H,14,15,16). The first-order valence-corrected chi connectivity index (χ1v) is 6.17. The number of aromatic nitrogens is 2. The number of hydrogen-bond donors (Lipinski definition) is 2. The van der Waals surface area contributed by atoms with E-state index in [2.05, 4.69) is 36.1 Å². The lowest BCUT2D eigenvalue weighted by Crippen LogP contribution is -2.25. The van der Waals surface area contributed by atoms with Crippen molar-refractivity contribution in [1.82, 2.24) is 9.97 Å². The van der Waals surface area contributed by atoms with Crippen molar-refractivity contribution >= 4 is 17.4 Å². The highest BCUT2D eigenvalue weighted by Gasteiger charge is 2.17. The third kappa shape index (κ3) is 4.66. The lowest BCUT2D eigenvalue weighted by Gasteiger charge is -2.22. The average molecular weight is 274 g/mol. The van der Waals surface area contributed by atoms with E-state index in [-0.39, 0.29) is 10.6 Å². The Labute approximate surface area is 113 Å². The van der Waals surface area contributed by atoms with Crippen molar-refractivity contribution in [3.63, 3.8) is 0 Å². The first-order valence-electron chi connectivity index (χ1n) is 5.80. The van der Waals surface area contributed by atoms with Gasteiger partial charge in [0.05, 0.1) is 13.2 Å². The number of hydrogen-bond acceptors (Lipinski definition) is 5. The maximum Gasteiger partial charge on any atom is 0.198 e. The van der Waals surface area contributed by atoms with Gasteiger partial charge in [0.2, 0.25) is 0 Å². The summed E-state index contributed by atoms with van der Waals surface area (Å²) in [5.41, 5.74) is 0.0779. The molecule has 0 aliphatic heterocycles. The highest BCUT2D eigenvalue weighted by Crippen LogP contribution is 2.28. The second-order valence-corrected chi connectivity index (χ2v) is 5.70. The van der Waals surface area contributed by atoms with E-state index in [0.717, 1.165) is 0 Å². The molecule has 0 saturated heterocycles. The maximum absolute atomic E-state index is 9.90. The van der Waals surface area contributed by atoms with Crippen LogP contribution in [0, 0.1) is 5.41 Å². The minimum absolute atomic E-state index is 0.0779. The predicted molar refractivity (Wildman–Crippen MR) is 72.2 cm³/mol. The number of rotatable bonds is 5. The third-order valence-electron chi connectivity index (χ3n) is 2.32. The zero-order chi connectivity index (χ0) is 13.8. The fourth-order valence-electron chi connectivity index (χ4n) is 1.65. The Hall–Kier alpha value is -1.07. The van der Waals surface area contributed by atoms with E-state index in [4.69, 9.17) is 16.3 Å². The summed E-state index contributed by atoms with van der Waals surface area (Å²) in [6.45, 7) is 6.63. The summed E-state index contributed by atoms with van der Waals surface area (Å²) in [5, 5.41) is 13.2. The smallest absolute Gasteiger partial charge is 0.198 e. The first kappa shape index (κ1) is 15.0. The predicted octanol–water partition coefficient (Wildman–Crippen LogP) is 2.35. The summed E-state index contributed by atoms with van der Waals surface area (Å²) < 4.78 is 5.11. The summed E-state index contributed by atoms with van der Waals surface area (Å²) in [6.07, 6.45) is 1.59. The molecule has 1 aromatic rings. The maximum atomic E-state index is 9.90. The summed E-state index contributed by atoms with van der Waals surface area (Å²) in [5.74, 6) is 0.882. The molecule has 6 heteroatoms. The van der Waals surface area contributed by atoms with E-state index < -0.39 is 6.10 Å². The van der Waals surface area contributed by atoms with Gasteiger partial charge >= 0.3 is 0 Å². The number of nitrogens with zero attached hydrogens (tertiary/aromatic N) is 2. The van der Waals surface area contributed by atoms with Crippen LogP contribution in [0.15, 0.2) is 6.33 Å². The van der Waals surface area contributed by atoms with Crippen LogP contribution in [0.25, 0.3) is 0 Å². The van der Waals surface area contributed by atoms with Crippen molar-refractivity contribution < 1.29 is 9.84 Å². The number of methoxy groups -OCH3 is 1. The molecule has 0 bridgehead atoms. The van der Waals surface area contributed by atoms with Crippen molar-refractivity contribution in [1.29, 1.82) is 0 Å². The fraction of sp³-hybridized carbons (Fsp3) is 0.667. The molecule has 1 aromatic heterocycles. The second kappa shape index (κ2) is 6.20. The molecule has 18 heavy (non-hydrogen) atoms. The van der Waals surface area contributed by atoms with Crippen LogP contribution in [0.3, 0.4) is 0 Å². The van der Waals surface area contributed by atoms with Gasteiger partial charge in [-0.25, -0.2) is 9.97 Å². The van der Waals surface area contributed by atoms with Crippen LogP contribution >= 0.6 is 11.6 Å². The van der Waals surface area contributed by atoms with Gasteiger partial charge in [-0.15, -0.1) is 0 Å². The van der Waals surface area contributed by atoms with Crippen LogP contribution in [0.2, 0.25) is 5.15 Å². The summed E-state index contributed by atoms with van der Waals surface area (Å²) >= 11 is 5.87. The van der Waals surface area contributed by atoms with E-state index in [1.165, 1.54) is 13.4 Å². The zero-order valence-electron chi connectivity index (χ0n) is 11.2. The third-order valence-corrected chi connectivity index (χ3v) is 2.59. The largest absolute Gasteiger partial charge is 0.490 e. The lowest BCUT2D eigenvalue weighted by molar-refractivity contribution is 0.132. The Kier molecular flexibility index (Phi) is 5.16. The van der Waals surface area contributed by atoms with Gasteiger partial charge in [0.1, 0.15) is 6.33 Å². The topological polar surface area (TPSA) is 67.3 Å². The number of nitrogens with one attached hydrogen (secondary N) is 1. The number of halogens is 1. The minimum Gasteiger partial charge on any atom is -0.490 e. The van der Waals surface area contributed by atoms with Gasteiger partial charge in [-0.05, 0) is 11.8 Å². The molecule has 0 amide bonds. The number of aliphatic hydroxyl groups excluding tert-OH is 1. The molecule has 0 saturated carbocycles. The second-order valence-electron chi connectivity index (χ2n) is 5.35. The molecule has 1 heterocycles. The van der Waals surface area contributed by atoms with Crippen molar-refractivity contribution in [2.24, 2.45) is 5.41 Å². The molecule has 0 spiro atoms. The van der Waals surface area contributed by atoms with Gasteiger partial charge in [-0.1, -0.05) is 32.4 Å². The van der Waals surface area contributed by atoms with Gasteiger partial charge in [-0.3, -0.25) is 0 Å². The molecule has 1 unspecified atom stereocenters. The van der Waals surface area contributed by atoms with Crippen LogP contribution in [-0.4, -0.2) is 34.8 Å². The van der Waals surface area contributed by atoms with Crippen LogP contribution in [0.1, 0.15) is 27.2 Å². The van der Waals surface area contributed by atoms with Crippen molar-refractivity contribution in [2.75, 3.05) is 19.0 Å². The molecule has 102 valence electrons. The molecule has 0 aliphatic rings. The van der Waals surface area contributed by atoms with Gasteiger partial charge in [0.15, 0.2) is 16.7 Å². The molecule has 0 fully saturated rings. The average Bonchev–Trinajstić information content (AvgIpc) is 2.24. The molecule has 1 rings (SSSR count). The number of anilines is 1. The highest BCUT2D eigenvalue weighted by molar-refractivity contribution is 6.31. The van der Waals surface area contributed by atoms with Crippen molar-refractivity contribution in [3.8, 4) is 5.75 Å². The van der Waals surface area contributed by atoms with Gasteiger partial charge in [-0.2, -0.15) is 0 Å². The molecule has 1 atom stereocenters. The van der Waals surface area contributed by atoms with Crippen LogP contribution < -0.4 is 10.1 Å². The fourth-order valence-corrected chi connectivity index (χ4v) is 1.86. The van der Waals surface area contributed by atoms with E-state index in [1.807, 2.05) is 0 Å². The zero-order valence-corrected chi connectivity index (χ0v) is 12.0. The summed E-state index contributed by atoms with van der Waals surface area (Å²) in [7, 11) is 1.50. The quantitative estimate of drug-likeness (QED) is 0.806. The first-order chi connectivity index (χ1) is 8.33. The van der Waals surface area contributed by atoms with Crippen molar-refractivity contribution in [2.45, 2.75) is 33.3 Å². The van der Waals surface area contributed by atoms with Gasteiger partial charge < -0.3 is 15.2 Å². The Morgan fingerprint density at radius 1 is 1.44 bits per heavy atom. The Morgan fingerprint density at radius 3 is 2.67 bits per heavy atom. The normalized spacial score (nSPS) is 13.2. The minimum atomic E-state index is -0.455. The highest BCUT2D eigenvalue weighted by atomic mass is 35.5. The summed E-state index contributed by atoms with van der Waals surface area (Å²) in [6, 6.07) is 0. The SMILES string of the molecule is COc1c(Cl)ncnc1NCC(O)CC(C)(C)C. The molecule has 0 aromatic carbocycles. The molecule has 5 nitrogen and oxygen atoms in total. The van der Waals surface area contributed by atoms with Crippen LogP contribution in [0.4, 0.5) is 5.82 Å². The monoisotopic (exact) mass is 273 g/mol. The van der Waals surface area contributed by atoms with Gasteiger partial charge in [0, 0.05) is 6.54 Å². The molecule has 2 N–H and O–H groups in total. The van der Waals surface area contributed by atoms with E-state index in [9.17, 15) is 5.11 Å². The van der Waals surface area contributed by atoms with E-state index in [0.29, 0.717) is 24.5 Å². The van der Waals surface area contributed by atoms with Crippen molar-refractivity contribution in [3.05, 3.63) is 11.5 Å². The molecular weight excluding hydrogens is 254 g/mol. The van der Waals surface area contributed by atoms with Gasteiger partial charge in [0.25, 0.3) is 0 Å². The molecule has 0 radical (unpaired) electrons. The summed E-state index contributed by atoms with van der Waals surface area (Å²) in [4.78, 5) is 7.86. The molecular formula is C12H20ClN3O2. The van der Waals surface area contributed by atoms with Crippen LogP contribution in [0.5, 0.6) is 5.75 Å². The molecule has 0 aliphatic carbocycles. The van der Waals surface area contributed by atoms with E-state index >= 15 is 0 Å². The van der Waals surface area contributed by atoms with Crippen LogP contribution in [-0.2, 0) is 0 Å². The number of ether oxygens (including phenoxy) is 1. The van der Waals surface area contributed by atoms with E-state index in [1.54, 1.807) is 0 Å². The Balaban J connectivity index is 2.61.